The highest BCUT2D eigenvalue weighted by Gasteiger charge is 2.09. The Balaban J connectivity index is 2.59. The summed E-state index contributed by atoms with van der Waals surface area (Å²) >= 11 is 0. The fourth-order valence-electron chi connectivity index (χ4n) is 1.27. The minimum atomic E-state index is -0.207. The van der Waals surface area contributed by atoms with E-state index in [4.69, 9.17) is 4.74 Å². The second kappa shape index (κ2) is 6.25. The number of likely N-dealkylation sites (N-methyl/N-ethyl adjacent to an activating group) is 1. The lowest BCUT2D eigenvalue weighted by Crippen LogP contribution is -2.35. The Kier molecular flexibility index (Phi) is 4.97. The SMILES string of the molecule is CNC(C)C(=O)Nc1ccc(OC(C)C)cc1. The minimum Gasteiger partial charge on any atom is -0.491 e. The molecule has 1 unspecified atom stereocenters. The molecule has 0 saturated carbocycles. The predicted octanol–water partition coefficient (Wildman–Crippen LogP) is 2.02. The zero-order valence-corrected chi connectivity index (χ0v) is 10.8. The van der Waals surface area contributed by atoms with Crippen molar-refractivity contribution in [2.24, 2.45) is 0 Å². The normalized spacial score (nSPS) is 12.3. The van der Waals surface area contributed by atoms with Crippen LogP contribution in [0.3, 0.4) is 0 Å². The van der Waals surface area contributed by atoms with Gasteiger partial charge in [0.25, 0.3) is 0 Å². The molecule has 0 radical (unpaired) electrons. The number of benzene rings is 1. The van der Waals surface area contributed by atoms with Crippen LogP contribution in [-0.4, -0.2) is 25.1 Å². The zero-order valence-electron chi connectivity index (χ0n) is 10.8. The van der Waals surface area contributed by atoms with E-state index < -0.39 is 0 Å². The van der Waals surface area contributed by atoms with Gasteiger partial charge in [-0.1, -0.05) is 0 Å². The number of rotatable bonds is 5. The zero-order chi connectivity index (χ0) is 12.8. The van der Waals surface area contributed by atoms with E-state index in [1.807, 2.05) is 45.0 Å². The van der Waals surface area contributed by atoms with Gasteiger partial charge in [-0.2, -0.15) is 0 Å². The number of ether oxygens (including phenoxy) is 1. The van der Waals surface area contributed by atoms with Crippen LogP contribution in [0.5, 0.6) is 5.75 Å². The van der Waals surface area contributed by atoms with Crippen molar-refractivity contribution in [2.75, 3.05) is 12.4 Å². The molecule has 1 aromatic carbocycles. The van der Waals surface area contributed by atoms with E-state index in [2.05, 4.69) is 10.6 Å². The Bertz CT molecular complexity index is 360. The first-order valence-corrected chi connectivity index (χ1v) is 5.77. The number of nitrogens with one attached hydrogen (secondary N) is 2. The van der Waals surface area contributed by atoms with E-state index in [-0.39, 0.29) is 18.1 Å². The van der Waals surface area contributed by atoms with Crippen LogP contribution in [0.15, 0.2) is 24.3 Å². The number of hydrogen-bond donors (Lipinski definition) is 2. The van der Waals surface area contributed by atoms with Crippen LogP contribution >= 0.6 is 0 Å². The van der Waals surface area contributed by atoms with Crippen LogP contribution in [0, 0.1) is 0 Å². The summed E-state index contributed by atoms with van der Waals surface area (Å²) in [6.07, 6.45) is 0.153. The molecule has 0 aliphatic rings. The molecule has 1 aromatic rings. The molecule has 0 heterocycles. The summed E-state index contributed by atoms with van der Waals surface area (Å²) in [7, 11) is 1.75. The average molecular weight is 236 g/mol. The van der Waals surface area contributed by atoms with Crippen molar-refractivity contribution in [3.05, 3.63) is 24.3 Å². The van der Waals surface area contributed by atoms with E-state index in [9.17, 15) is 4.79 Å². The van der Waals surface area contributed by atoms with Crippen molar-refractivity contribution in [3.8, 4) is 5.75 Å². The fraction of sp³-hybridized carbons (Fsp3) is 0.462. The van der Waals surface area contributed by atoms with Crippen molar-refractivity contribution in [2.45, 2.75) is 32.9 Å². The number of hydrogen-bond acceptors (Lipinski definition) is 3. The third kappa shape index (κ3) is 4.44. The van der Waals surface area contributed by atoms with Crippen molar-refractivity contribution < 1.29 is 9.53 Å². The Morgan fingerprint density at radius 3 is 2.24 bits per heavy atom. The van der Waals surface area contributed by atoms with Crippen LogP contribution < -0.4 is 15.4 Å². The van der Waals surface area contributed by atoms with Gasteiger partial charge >= 0.3 is 0 Å². The van der Waals surface area contributed by atoms with Crippen LogP contribution in [0.2, 0.25) is 0 Å². The molecule has 0 bridgehead atoms. The monoisotopic (exact) mass is 236 g/mol. The topological polar surface area (TPSA) is 50.4 Å². The van der Waals surface area contributed by atoms with E-state index in [0.717, 1.165) is 11.4 Å². The van der Waals surface area contributed by atoms with Gasteiger partial charge in [-0.15, -0.1) is 0 Å². The third-order valence-corrected chi connectivity index (χ3v) is 2.32. The lowest BCUT2D eigenvalue weighted by molar-refractivity contribution is -0.117. The minimum absolute atomic E-state index is 0.0509. The number of amides is 1. The smallest absolute Gasteiger partial charge is 0.241 e. The number of anilines is 1. The van der Waals surface area contributed by atoms with Crippen molar-refractivity contribution in [1.82, 2.24) is 5.32 Å². The molecule has 0 saturated heterocycles. The van der Waals surface area contributed by atoms with Crippen LogP contribution in [0.25, 0.3) is 0 Å². The number of carbonyl (C=O) groups is 1. The summed E-state index contributed by atoms with van der Waals surface area (Å²) in [5.74, 6) is 0.754. The summed E-state index contributed by atoms with van der Waals surface area (Å²) in [5, 5.41) is 5.70. The van der Waals surface area contributed by atoms with Crippen molar-refractivity contribution in [1.29, 1.82) is 0 Å². The van der Waals surface area contributed by atoms with E-state index in [1.165, 1.54) is 0 Å². The van der Waals surface area contributed by atoms with Gasteiger partial charge in [0, 0.05) is 5.69 Å². The Hall–Kier alpha value is -1.55. The Labute approximate surface area is 102 Å². The van der Waals surface area contributed by atoms with Gasteiger partial charge in [-0.05, 0) is 52.1 Å². The molecule has 1 rings (SSSR count). The fourth-order valence-corrected chi connectivity index (χ4v) is 1.27. The summed E-state index contributed by atoms with van der Waals surface area (Å²) in [5.41, 5.74) is 0.771. The van der Waals surface area contributed by atoms with Crippen LogP contribution in [-0.2, 0) is 4.79 Å². The summed E-state index contributed by atoms with van der Waals surface area (Å²) < 4.78 is 5.52. The van der Waals surface area contributed by atoms with Gasteiger partial charge < -0.3 is 15.4 Å². The molecule has 0 aliphatic carbocycles. The maximum Gasteiger partial charge on any atom is 0.241 e. The molecule has 4 heteroatoms. The van der Waals surface area contributed by atoms with Gasteiger partial charge in [0.15, 0.2) is 0 Å². The van der Waals surface area contributed by atoms with Gasteiger partial charge in [-0.25, -0.2) is 0 Å². The van der Waals surface area contributed by atoms with Crippen LogP contribution in [0.1, 0.15) is 20.8 Å². The van der Waals surface area contributed by atoms with Gasteiger partial charge in [0.2, 0.25) is 5.91 Å². The summed E-state index contributed by atoms with van der Waals surface area (Å²) in [6, 6.07) is 7.15. The maximum absolute atomic E-state index is 11.6. The summed E-state index contributed by atoms with van der Waals surface area (Å²) in [4.78, 5) is 11.6. The lowest BCUT2D eigenvalue weighted by Gasteiger charge is -2.12. The maximum atomic E-state index is 11.6. The molecule has 94 valence electrons. The van der Waals surface area contributed by atoms with E-state index in [0.29, 0.717) is 0 Å². The molecule has 4 nitrogen and oxygen atoms in total. The molecule has 1 amide bonds. The predicted molar refractivity (Wildman–Crippen MR) is 69.4 cm³/mol. The molecule has 2 N–H and O–H groups in total. The summed E-state index contributed by atoms with van der Waals surface area (Å²) in [6.45, 7) is 5.76. The van der Waals surface area contributed by atoms with E-state index in [1.54, 1.807) is 7.05 Å². The molecular weight excluding hydrogens is 216 g/mol. The molecule has 0 aliphatic heterocycles. The van der Waals surface area contributed by atoms with Crippen molar-refractivity contribution in [3.63, 3.8) is 0 Å². The highest BCUT2D eigenvalue weighted by atomic mass is 16.5. The molecule has 17 heavy (non-hydrogen) atoms. The Morgan fingerprint density at radius 1 is 1.18 bits per heavy atom. The van der Waals surface area contributed by atoms with Crippen molar-refractivity contribution >= 4 is 11.6 Å². The first-order valence-electron chi connectivity index (χ1n) is 5.77. The molecule has 0 aromatic heterocycles. The van der Waals surface area contributed by atoms with E-state index >= 15 is 0 Å². The highest BCUT2D eigenvalue weighted by Crippen LogP contribution is 2.16. The molecule has 1 atom stereocenters. The third-order valence-electron chi connectivity index (χ3n) is 2.32. The first-order chi connectivity index (χ1) is 8.02. The first kappa shape index (κ1) is 13.5. The molecule has 0 fully saturated rings. The van der Waals surface area contributed by atoms with Gasteiger partial charge in [-0.3, -0.25) is 4.79 Å². The second-order valence-electron chi connectivity index (χ2n) is 4.19. The molecular formula is C13H20N2O2. The second-order valence-corrected chi connectivity index (χ2v) is 4.19. The van der Waals surface area contributed by atoms with Crippen LogP contribution in [0.4, 0.5) is 5.69 Å². The standard InChI is InChI=1S/C13H20N2O2/c1-9(2)17-12-7-5-11(6-8-12)15-13(16)10(3)14-4/h5-10,14H,1-4H3,(H,15,16). The van der Waals surface area contributed by atoms with Gasteiger partial charge in [0.1, 0.15) is 5.75 Å². The Morgan fingerprint density at radius 2 is 1.76 bits per heavy atom. The average Bonchev–Trinajstić information content (AvgIpc) is 2.30. The number of carbonyl (C=O) groups excluding carboxylic acids is 1. The molecule has 0 spiro atoms. The largest absolute Gasteiger partial charge is 0.491 e. The lowest BCUT2D eigenvalue weighted by atomic mass is 10.2. The quantitative estimate of drug-likeness (QED) is 0.822. The van der Waals surface area contributed by atoms with Gasteiger partial charge in [0.05, 0.1) is 12.1 Å². The highest BCUT2D eigenvalue weighted by molar-refractivity contribution is 5.94.